The molecule has 0 aliphatic carbocycles. The van der Waals surface area contributed by atoms with Crippen molar-refractivity contribution in [2.45, 2.75) is 13.8 Å². The van der Waals surface area contributed by atoms with Crippen molar-refractivity contribution in [2.24, 2.45) is 5.73 Å². The minimum atomic E-state index is 0.0264. The molecule has 1 aromatic rings. The van der Waals surface area contributed by atoms with E-state index in [-0.39, 0.29) is 5.96 Å². The normalized spacial score (nSPS) is 10.0. The zero-order valence-corrected chi connectivity index (χ0v) is 9.31. The van der Waals surface area contributed by atoms with Gasteiger partial charge in [0, 0.05) is 17.8 Å². The molecule has 0 fully saturated rings. The van der Waals surface area contributed by atoms with E-state index in [0.717, 1.165) is 16.8 Å². The van der Waals surface area contributed by atoms with Crippen LogP contribution in [0, 0.1) is 19.3 Å². The number of aryl methyl sites for hydroxylation is 2. The van der Waals surface area contributed by atoms with Crippen molar-refractivity contribution >= 4 is 23.2 Å². The third kappa shape index (κ3) is 1.99. The maximum atomic E-state index is 7.36. The van der Waals surface area contributed by atoms with Crippen LogP contribution in [-0.2, 0) is 0 Å². The van der Waals surface area contributed by atoms with E-state index in [1.54, 1.807) is 11.9 Å². The molecule has 0 radical (unpaired) electrons. The number of guanidine groups is 1. The number of rotatable bonds is 1. The van der Waals surface area contributed by atoms with Gasteiger partial charge in [0.25, 0.3) is 0 Å². The summed E-state index contributed by atoms with van der Waals surface area (Å²) in [7, 11) is 1.77. The van der Waals surface area contributed by atoms with Crippen LogP contribution in [0.2, 0.25) is 5.02 Å². The zero-order chi connectivity index (χ0) is 10.9. The number of nitrogens with one attached hydrogen (secondary N) is 1. The quantitative estimate of drug-likeness (QED) is 0.553. The zero-order valence-electron chi connectivity index (χ0n) is 8.56. The highest BCUT2D eigenvalue weighted by atomic mass is 35.5. The molecule has 0 amide bonds. The first-order valence-electron chi connectivity index (χ1n) is 4.28. The minimum Gasteiger partial charge on any atom is -0.370 e. The largest absolute Gasteiger partial charge is 0.370 e. The van der Waals surface area contributed by atoms with E-state index >= 15 is 0 Å². The van der Waals surface area contributed by atoms with Gasteiger partial charge in [-0.1, -0.05) is 11.6 Å². The maximum Gasteiger partial charge on any atom is 0.192 e. The smallest absolute Gasteiger partial charge is 0.192 e. The molecular formula is C10H14ClN3. The van der Waals surface area contributed by atoms with Crippen molar-refractivity contribution < 1.29 is 0 Å². The number of hydrogen-bond donors (Lipinski definition) is 2. The number of nitrogens with zero attached hydrogens (tertiary/aromatic N) is 1. The maximum absolute atomic E-state index is 7.36. The molecule has 1 rings (SSSR count). The Labute approximate surface area is 89.0 Å². The first kappa shape index (κ1) is 10.9. The van der Waals surface area contributed by atoms with Crippen LogP contribution in [0.25, 0.3) is 0 Å². The van der Waals surface area contributed by atoms with Crippen LogP contribution in [0.15, 0.2) is 12.1 Å². The van der Waals surface area contributed by atoms with Gasteiger partial charge in [0.2, 0.25) is 0 Å². The number of anilines is 1. The highest BCUT2D eigenvalue weighted by Gasteiger charge is 2.10. The fourth-order valence-corrected chi connectivity index (χ4v) is 1.88. The Morgan fingerprint density at radius 3 is 2.14 bits per heavy atom. The number of halogens is 1. The summed E-state index contributed by atoms with van der Waals surface area (Å²) < 4.78 is 0. The lowest BCUT2D eigenvalue weighted by molar-refractivity contribution is 1.16. The van der Waals surface area contributed by atoms with E-state index in [2.05, 4.69) is 0 Å². The van der Waals surface area contributed by atoms with Gasteiger partial charge in [-0.05, 0) is 37.1 Å². The van der Waals surface area contributed by atoms with Gasteiger partial charge in [0.05, 0.1) is 0 Å². The lowest BCUT2D eigenvalue weighted by Crippen LogP contribution is -2.33. The van der Waals surface area contributed by atoms with Crippen molar-refractivity contribution in [2.75, 3.05) is 11.9 Å². The van der Waals surface area contributed by atoms with Crippen LogP contribution in [0.4, 0.5) is 5.69 Å². The Morgan fingerprint density at radius 2 is 1.79 bits per heavy atom. The fourth-order valence-electron chi connectivity index (χ4n) is 1.55. The SMILES string of the molecule is Cc1cc(Cl)cc(C)c1N(C)C(=N)N. The summed E-state index contributed by atoms with van der Waals surface area (Å²) in [6, 6.07) is 3.73. The molecule has 0 aliphatic rings. The molecule has 0 bridgehead atoms. The third-order valence-electron chi connectivity index (χ3n) is 2.15. The molecule has 0 saturated carbocycles. The molecule has 0 saturated heterocycles. The molecule has 0 aliphatic heterocycles. The summed E-state index contributed by atoms with van der Waals surface area (Å²) in [5, 5.41) is 8.06. The molecule has 3 N–H and O–H groups in total. The Hall–Kier alpha value is -1.22. The summed E-state index contributed by atoms with van der Waals surface area (Å²) in [6.07, 6.45) is 0. The fraction of sp³-hybridized carbons (Fsp3) is 0.300. The van der Waals surface area contributed by atoms with Gasteiger partial charge in [-0.25, -0.2) is 0 Å². The molecule has 4 heteroatoms. The molecule has 14 heavy (non-hydrogen) atoms. The molecular weight excluding hydrogens is 198 g/mol. The van der Waals surface area contributed by atoms with Crippen molar-refractivity contribution in [1.29, 1.82) is 5.41 Å². The van der Waals surface area contributed by atoms with Crippen LogP contribution >= 0.6 is 11.6 Å². The molecule has 0 atom stereocenters. The number of hydrogen-bond acceptors (Lipinski definition) is 1. The predicted octanol–water partition coefficient (Wildman–Crippen LogP) is 2.29. The minimum absolute atomic E-state index is 0.0264. The monoisotopic (exact) mass is 211 g/mol. The number of benzene rings is 1. The van der Waals surface area contributed by atoms with Crippen LogP contribution in [0.3, 0.4) is 0 Å². The van der Waals surface area contributed by atoms with Crippen LogP contribution in [0.1, 0.15) is 11.1 Å². The van der Waals surface area contributed by atoms with Crippen LogP contribution in [0.5, 0.6) is 0 Å². The van der Waals surface area contributed by atoms with E-state index in [9.17, 15) is 0 Å². The average Bonchev–Trinajstić information content (AvgIpc) is 2.01. The van der Waals surface area contributed by atoms with Gasteiger partial charge >= 0.3 is 0 Å². The Balaban J connectivity index is 3.27. The summed E-state index contributed by atoms with van der Waals surface area (Å²) in [6.45, 7) is 3.90. The highest BCUT2D eigenvalue weighted by Crippen LogP contribution is 2.27. The van der Waals surface area contributed by atoms with Gasteiger partial charge in [0.15, 0.2) is 5.96 Å². The van der Waals surface area contributed by atoms with Gasteiger partial charge < -0.3 is 10.6 Å². The number of nitrogens with two attached hydrogens (primary N) is 1. The summed E-state index contributed by atoms with van der Waals surface area (Å²) in [5.74, 6) is 0.0264. The molecule has 76 valence electrons. The first-order valence-corrected chi connectivity index (χ1v) is 4.65. The van der Waals surface area contributed by atoms with Crippen molar-refractivity contribution in [3.63, 3.8) is 0 Å². The second kappa shape index (κ2) is 3.88. The molecule has 0 unspecified atom stereocenters. The predicted molar refractivity (Wildman–Crippen MR) is 61.2 cm³/mol. The van der Waals surface area contributed by atoms with E-state index in [1.165, 1.54) is 0 Å². The topological polar surface area (TPSA) is 53.1 Å². The first-order chi connectivity index (χ1) is 6.43. The lowest BCUT2D eigenvalue weighted by atomic mass is 10.1. The molecule has 0 spiro atoms. The van der Waals surface area contributed by atoms with E-state index < -0.39 is 0 Å². The molecule has 0 aromatic heterocycles. The van der Waals surface area contributed by atoms with Gasteiger partial charge in [-0.3, -0.25) is 5.41 Å². The van der Waals surface area contributed by atoms with Gasteiger partial charge in [0.1, 0.15) is 0 Å². The van der Waals surface area contributed by atoms with Crippen molar-refractivity contribution in [3.8, 4) is 0 Å². The van der Waals surface area contributed by atoms with E-state index in [4.69, 9.17) is 22.7 Å². The third-order valence-corrected chi connectivity index (χ3v) is 2.37. The average molecular weight is 212 g/mol. The second-order valence-electron chi connectivity index (χ2n) is 3.33. The summed E-state index contributed by atoms with van der Waals surface area (Å²) in [4.78, 5) is 1.64. The van der Waals surface area contributed by atoms with Crippen LogP contribution in [-0.4, -0.2) is 13.0 Å². The summed E-state index contributed by atoms with van der Waals surface area (Å²) in [5.41, 5.74) is 8.41. The van der Waals surface area contributed by atoms with E-state index in [0.29, 0.717) is 5.02 Å². The lowest BCUT2D eigenvalue weighted by Gasteiger charge is -2.21. The second-order valence-corrected chi connectivity index (χ2v) is 3.77. The highest BCUT2D eigenvalue weighted by molar-refractivity contribution is 6.30. The molecule has 0 heterocycles. The van der Waals surface area contributed by atoms with Gasteiger partial charge in [-0.15, -0.1) is 0 Å². The molecule has 3 nitrogen and oxygen atoms in total. The molecule has 1 aromatic carbocycles. The van der Waals surface area contributed by atoms with E-state index in [1.807, 2.05) is 26.0 Å². The Morgan fingerprint density at radius 1 is 1.36 bits per heavy atom. The Kier molecular flexibility index (Phi) is 3.01. The van der Waals surface area contributed by atoms with Crippen molar-refractivity contribution in [1.82, 2.24) is 0 Å². The standard InChI is InChI=1S/C10H14ClN3/c1-6-4-8(11)5-7(2)9(6)14(3)10(12)13/h4-5H,1-3H3,(H3,12,13). The van der Waals surface area contributed by atoms with Crippen LogP contribution < -0.4 is 10.6 Å². The summed E-state index contributed by atoms with van der Waals surface area (Å²) >= 11 is 5.90. The van der Waals surface area contributed by atoms with Crippen molar-refractivity contribution in [3.05, 3.63) is 28.3 Å². The van der Waals surface area contributed by atoms with Gasteiger partial charge in [-0.2, -0.15) is 0 Å². The Bertz CT molecular complexity index is 351.